The molecule has 0 amide bonds. The molecule has 1 unspecified atom stereocenters. The number of benzene rings is 1. The molecule has 10 nitrogen and oxygen atoms in total. The Hall–Kier alpha value is -4.03. The first-order valence-corrected chi connectivity index (χ1v) is 12.0. The smallest absolute Gasteiger partial charge is 0.453 e. The van der Waals surface area contributed by atoms with Gasteiger partial charge in [-0.3, -0.25) is 4.79 Å². The normalized spacial score (nSPS) is 17.1. The number of imidazole rings is 1. The number of carbonyl (C=O) groups excluding carboxylic acids is 2. The molecule has 0 saturated carbocycles. The third-order valence-electron chi connectivity index (χ3n) is 5.92. The van der Waals surface area contributed by atoms with Crippen LogP contribution in [-0.2, 0) is 9.53 Å². The van der Waals surface area contributed by atoms with E-state index in [2.05, 4.69) is 25.6 Å². The van der Waals surface area contributed by atoms with Crippen molar-refractivity contribution >= 4 is 40.4 Å². The molecule has 2 aliphatic rings. The van der Waals surface area contributed by atoms with Crippen LogP contribution in [0.2, 0.25) is 0 Å². The van der Waals surface area contributed by atoms with Crippen molar-refractivity contribution < 1.29 is 27.9 Å². The summed E-state index contributed by atoms with van der Waals surface area (Å²) in [6, 6.07) is 7.95. The minimum absolute atomic E-state index is 0.0571. The van der Waals surface area contributed by atoms with Gasteiger partial charge in [0, 0.05) is 29.6 Å². The van der Waals surface area contributed by atoms with Crippen molar-refractivity contribution in [2.24, 2.45) is 0 Å². The Morgan fingerprint density at radius 3 is 3.03 bits per heavy atom. The van der Waals surface area contributed by atoms with Gasteiger partial charge < -0.3 is 34.5 Å². The van der Waals surface area contributed by atoms with Gasteiger partial charge >= 0.3 is 6.16 Å². The molecule has 0 radical (unpaired) electrons. The molecule has 2 aliphatic heterocycles. The Balaban J connectivity index is 1.34. The number of rotatable bonds is 5. The molecule has 0 bridgehead atoms. The average Bonchev–Trinajstić information content (AvgIpc) is 3.57. The van der Waals surface area contributed by atoms with E-state index in [0.717, 1.165) is 0 Å². The monoisotopic (exact) mass is 509 g/mol. The zero-order chi connectivity index (χ0) is 24.8. The van der Waals surface area contributed by atoms with E-state index in [1.165, 1.54) is 23.9 Å². The molecule has 6 rings (SSSR count). The fourth-order valence-electron chi connectivity index (χ4n) is 4.44. The summed E-state index contributed by atoms with van der Waals surface area (Å²) in [5.74, 6) is -0.183. The summed E-state index contributed by atoms with van der Waals surface area (Å²) in [6.45, 7) is 2.52. The van der Waals surface area contributed by atoms with Crippen molar-refractivity contribution in [3.05, 3.63) is 64.9 Å². The van der Waals surface area contributed by atoms with Crippen LogP contribution in [0, 0.1) is 5.82 Å². The lowest BCUT2D eigenvalue weighted by Gasteiger charge is -2.31. The van der Waals surface area contributed by atoms with Crippen molar-refractivity contribution in [2.45, 2.75) is 23.1 Å². The van der Waals surface area contributed by atoms with Gasteiger partial charge in [0.2, 0.25) is 5.88 Å². The van der Waals surface area contributed by atoms with Gasteiger partial charge in [0.15, 0.2) is 16.0 Å². The van der Waals surface area contributed by atoms with Crippen LogP contribution < -0.4 is 15.4 Å². The van der Waals surface area contributed by atoms with Gasteiger partial charge in [-0.2, -0.15) is 0 Å². The van der Waals surface area contributed by atoms with Gasteiger partial charge in [0.25, 0.3) is 0 Å². The lowest BCUT2D eigenvalue weighted by molar-refractivity contribution is -0.115. The van der Waals surface area contributed by atoms with E-state index < -0.39 is 12.1 Å². The Kier molecular flexibility index (Phi) is 5.53. The van der Waals surface area contributed by atoms with Crippen molar-refractivity contribution in [2.75, 3.05) is 25.0 Å². The van der Waals surface area contributed by atoms with Gasteiger partial charge in [-0.25, -0.2) is 14.2 Å². The second-order valence-electron chi connectivity index (χ2n) is 8.17. The molecule has 1 aromatic carbocycles. The Bertz CT molecular complexity index is 1540. The summed E-state index contributed by atoms with van der Waals surface area (Å²) in [5, 5.41) is 7.40. The molecule has 12 heteroatoms. The number of ether oxygens (including phenoxy) is 2. The highest BCUT2D eigenvalue weighted by Gasteiger charge is 2.39. The standard InChI is InChI=1S/C24H20FN5O5S/c1-2-33-24(32)35-22-21-12(8-27-22)19(20-15(28-21)9-26-10-16(20)31)17-5-6-18(34-17)36-23-29-13-4-3-11(25)7-14(13)30-23/h3-8,19,26-28H,2,9-10H2,1H3,(H,29,30). The number of H-pyrrole nitrogens is 2. The number of furan rings is 1. The zero-order valence-electron chi connectivity index (χ0n) is 18.9. The third-order valence-corrected chi connectivity index (χ3v) is 6.72. The van der Waals surface area contributed by atoms with E-state index >= 15 is 0 Å². The van der Waals surface area contributed by atoms with Crippen LogP contribution in [0.15, 0.2) is 62.5 Å². The van der Waals surface area contributed by atoms with Crippen molar-refractivity contribution in [1.29, 1.82) is 0 Å². The first-order chi connectivity index (χ1) is 17.5. The number of aromatic amines is 2. The molecule has 4 aromatic rings. The fraction of sp³-hybridized carbons (Fsp3) is 0.208. The highest BCUT2D eigenvalue weighted by atomic mass is 32.2. The molecular formula is C24H20FN5O5S. The molecule has 1 atom stereocenters. The quantitative estimate of drug-likeness (QED) is 0.291. The summed E-state index contributed by atoms with van der Waals surface area (Å²) in [5.41, 5.74) is 3.74. The molecule has 0 aliphatic carbocycles. The molecule has 4 N–H and O–H groups in total. The van der Waals surface area contributed by atoms with Crippen LogP contribution in [0.1, 0.15) is 24.2 Å². The topological polar surface area (TPSA) is 134 Å². The zero-order valence-corrected chi connectivity index (χ0v) is 19.8. The number of halogens is 1. The van der Waals surface area contributed by atoms with Crippen LogP contribution in [0.25, 0.3) is 11.0 Å². The Morgan fingerprint density at radius 1 is 1.28 bits per heavy atom. The van der Waals surface area contributed by atoms with Crippen LogP contribution >= 0.6 is 11.8 Å². The highest BCUT2D eigenvalue weighted by Crippen LogP contribution is 2.47. The first-order valence-electron chi connectivity index (χ1n) is 11.2. The second-order valence-corrected chi connectivity index (χ2v) is 9.17. The Labute approximate surface area is 207 Å². The number of ketones is 1. The molecule has 0 saturated heterocycles. The number of nitrogens with zero attached hydrogens (tertiary/aromatic N) is 1. The SMILES string of the molecule is CCOC(=O)Oc1[nH]cc2c1NC1=C(C(=O)CNC1)C2c1ccc(Sc2nc3ccc(F)cc3[nH]2)o1. The van der Waals surface area contributed by atoms with E-state index in [9.17, 15) is 14.0 Å². The third kappa shape index (κ3) is 3.93. The Morgan fingerprint density at radius 2 is 2.17 bits per heavy atom. The molecule has 3 aromatic heterocycles. The fourth-order valence-corrected chi connectivity index (χ4v) is 5.21. The summed E-state index contributed by atoms with van der Waals surface area (Å²) in [4.78, 5) is 35.4. The summed E-state index contributed by atoms with van der Waals surface area (Å²) >= 11 is 1.26. The highest BCUT2D eigenvalue weighted by molar-refractivity contribution is 7.99. The maximum atomic E-state index is 13.5. The van der Waals surface area contributed by atoms with Gasteiger partial charge in [-0.15, -0.1) is 0 Å². The molecule has 5 heterocycles. The van der Waals surface area contributed by atoms with Gasteiger partial charge in [0.1, 0.15) is 17.3 Å². The first kappa shape index (κ1) is 22.4. The van der Waals surface area contributed by atoms with Crippen molar-refractivity contribution in [1.82, 2.24) is 20.3 Å². The summed E-state index contributed by atoms with van der Waals surface area (Å²) < 4.78 is 29.9. The van der Waals surface area contributed by atoms with Gasteiger partial charge in [-0.1, -0.05) is 0 Å². The van der Waals surface area contributed by atoms with E-state index in [1.807, 2.05) is 6.07 Å². The van der Waals surface area contributed by atoms with Crippen LogP contribution in [0.4, 0.5) is 14.9 Å². The maximum absolute atomic E-state index is 13.5. The number of hydrogen-bond acceptors (Lipinski definition) is 9. The van der Waals surface area contributed by atoms with E-state index in [-0.39, 0.29) is 30.6 Å². The lowest BCUT2D eigenvalue weighted by Crippen LogP contribution is -2.39. The number of carbonyl (C=O) groups is 2. The van der Waals surface area contributed by atoms with Crippen LogP contribution in [0.5, 0.6) is 5.88 Å². The van der Waals surface area contributed by atoms with E-state index in [0.29, 0.717) is 56.1 Å². The summed E-state index contributed by atoms with van der Waals surface area (Å²) in [7, 11) is 0. The van der Waals surface area contributed by atoms with E-state index in [1.54, 1.807) is 25.3 Å². The van der Waals surface area contributed by atoms with Crippen LogP contribution in [-0.4, -0.2) is 46.6 Å². The second kappa shape index (κ2) is 8.88. The lowest BCUT2D eigenvalue weighted by atomic mass is 9.82. The predicted molar refractivity (Wildman–Crippen MR) is 128 cm³/mol. The number of aromatic nitrogens is 3. The largest absolute Gasteiger partial charge is 0.515 e. The van der Waals surface area contributed by atoms with Crippen molar-refractivity contribution in [3.8, 4) is 5.88 Å². The maximum Gasteiger partial charge on any atom is 0.515 e. The molecule has 0 spiro atoms. The number of nitrogens with one attached hydrogen (secondary N) is 4. The van der Waals surface area contributed by atoms with Crippen molar-refractivity contribution in [3.63, 3.8) is 0 Å². The molecule has 36 heavy (non-hydrogen) atoms. The average molecular weight is 510 g/mol. The summed E-state index contributed by atoms with van der Waals surface area (Å²) in [6.07, 6.45) is 0.851. The molecule has 0 fully saturated rings. The van der Waals surface area contributed by atoms with E-state index in [4.69, 9.17) is 13.9 Å². The minimum atomic E-state index is -0.833. The number of hydrogen-bond donors (Lipinski definition) is 4. The molecular weight excluding hydrogens is 489 g/mol. The van der Waals surface area contributed by atoms with Gasteiger partial charge in [-0.05, 0) is 49.0 Å². The minimum Gasteiger partial charge on any atom is -0.453 e. The molecule has 184 valence electrons. The predicted octanol–water partition coefficient (Wildman–Crippen LogP) is 4.29. The number of anilines is 1. The number of Topliss-reactive ketones (excluding diaryl/α,β-unsaturated/α-hetero) is 1. The number of fused-ring (bicyclic) bond motifs is 2. The van der Waals surface area contributed by atoms with Crippen LogP contribution in [0.3, 0.4) is 0 Å². The van der Waals surface area contributed by atoms with Gasteiger partial charge in [0.05, 0.1) is 30.1 Å².